The van der Waals surface area contributed by atoms with Gasteiger partial charge in [-0.3, -0.25) is 4.79 Å². The Bertz CT molecular complexity index is 1020. The number of aryl methyl sites for hydroxylation is 1. The van der Waals surface area contributed by atoms with E-state index in [1.54, 1.807) is 0 Å². The molecule has 1 heterocycles. The maximum atomic E-state index is 13.2. The Hall–Kier alpha value is -2.12. The largest absolute Gasteiger partial charge is 0.416 e. The third-order valence-corrected chi connectivity index (χ3v) is 5.62. The molecule has 1 aromatic carbocycles. The number of hydrogen-bond donors (Lipinski definition) is 3. The first-order valence-electron chi connectivity index (χ1n) is 7.40. The fraction of sp³-hybridized carbons (Fsp3) is 0.267. The highest BCUT2D eigenvalue weighted by Crippen LogP contribution is 2.34. The average molecular weight is 443 g/mol. The van der Waals surface area contributed by atoms with E-state index in [9.17, 15) is 35.2 Å². The smallest absolute Gasteiger partial charge is 0.345 e. The molecule has 6 nitrogen and oxygen atoms in total. The first-order valence-corrected chi connectivity index (χ1v) is 9.33. The number of sulfonamides is 1. The summed E-state index contributed by atoms with van der Waals surface area (Å²) in [6.07, 6.45) is -4.06. The molecular weight excluding hydrogens is 429 g/mol. The first-order chi connectivity index (χ1) is 12.6. The number of nitrogens with one attached hydrogen (secondary N) is 2. The zero-order valence-electron chi connectivity index (χ0n) is 14.3. The molecule has 2 rings (SSSR count). The van der Waals surface area contributed by atoms with Crippen LogP contribution in [-0.4, -0.2) is 29.9 Å². The Morgan fingerprint density at radius 3 is 2.29 bits per heavy atom. The summed E-state index contributed by atoms with van der Waals surface area (Å²) in [5.74, 6) is -3.23. The van der Waals surface area contributed by atoms with Crippen LogP contribution >= 0.6 is 12.6 Å². The number of amides is 1. The number of alkyl halides is 3. The van der Waals surface area contributed by atoms with E-state index in [0.717, 1.165) is 29.0 Å². The van der Waals surface area contributed by atoms with Gasteiger partial charge in [0.1, 0.15) is 10.6 Å². The zero-order valence-corrected chi connectivity index (χ0v) is 16.0. The molecule has 0 aliphatic heterocycles. The van der Waals surface area contributed by atoms with Crippen molar-refractivity contribution in [3.8, 4) is 0 Å². The van der Waals surface area contributed by atoms with Crippen LogP contribution in [0.25, 0.3) is 0 Å². The monoisotopic (exact) mass is 443 g/mol. The Morgan fingerprint density at radius 1 is 1.14 bits per heavy atom. The Balaban J connectivity index is 2.28. The highest BCUT2D eigenvalue weighted by atomic mass is 32.2. The first kappa shape index (κ1) is 22.2. The van der Waals surface area contributed by atoms with E-state index in [1.807, 2.05) is 0 Å². The average Bonchev–Trinajstić information content (AvgIpc) is 2.92. The summed E-state index contributed by atoms with van der Waals surface area (Å²) in [5.41, 5.74) is -0.356. The molecule has 0 unspecified atom stereocenters. The van der Waals surface area contributed by atoms with Gasteiger partial charge in [-0.1, -0.05) is 0 Å². The van der Waals surface area contributed by atoms with E-state index in [2.05, 4.69) is 17.9 Å². The second-order valence-corrected chi connectivity index (χ2v) is 8.51. The van der Waals surface area contributed by atoms with Gasteiger partial charge in [-0.15, -0.1) is 12.6 Å². The Labute approximate surface area is 162 Å². The highest BCUT2D eigenvalue weighted by molar-refractivity contribution is 7.91. The van der Waals surface area contributed by atoms with Crippen LogP contribution in [0.3, 0.4) is 0 Å². The second kappa shape index (κ2) is 7.37. The van der Waals surface area contributed by atoms with E-state index in [0.29, 0.717) is 13.0 Å². The van der Waals surface area contributed by atoms with E-state index < -0.39 is 43.5 Å². The van der Waals surface area contributed by atoms with Crippen LogP contribution in [-0.2, 0) is 17.1 Å². The lowest BCUT2D eigenvalue weighted by molar-refractivity contribution is -0.157. The number of benzene rings is 1. The van der Waals surface area contributed by atoms with Gasteiger partial charge in [0.25, 0.3) is 5.91 Å². The third kappa shape index (κ3) is 4.64. The molecular formula is C15H14F5N3O3S2. The van der Waals surface area contributed by atoms with Gasteiger partial charge in [-0.25, -0.2) is 17.2 Å². The quantitative estimate of drug-likeness (QED) is 0.378. The molecule has 28 heavy (non-hydrogen) atoms. The van der Waals surface area contributed by atoms with Gasteiger partial charge in [0.15, 0.2) is 16.5 Å². The molecule has 0 saturated carbocycles. The number of thiol groups is 1. The number of aromatic nitrogens is 1. The van der Waals surface area contributed by atoms with Crippen molar-refractivity contribution in [1.29, 1.82) is 0 Å². The van der Waals surface area contributed by atoms with Crippen molar-refractivity contribution in [3.05, 3.63) is 47.8 Å². The van der Waals surface area contributed by atoms with Crippen molar-refractivity contribution >= 4 is 34.2 Å². The van der Waals surface area contributed by atoms with Gasteiger partial charge in [-0.05, 0) is 25.1 Å². The second-order valence-electron chi connectivity index (χ2n) is 5.93. The van der Waals surface area contributed by atoms with Crippen LogP contribution in [0.15, 0.2) is 35.4 Å². The van der Waals surface area contributed by atoms with Gasteiger partial charge >= 0.3 is 6.18 Å². The van der Waals surface area contributed by atoms with Crippen LogP contribution in [0.2, 0.25) is 0 Å². The Morgan fingerprint density at radius 2 is 1.75 bits per heavy atom. The maximum Gasteiger partial charge on any atom is 0.416 e. The minimum absolute atomic E-state index is 0.104. The lowest BCUT2D eigenvalue weighted by Gasteiger charge is -2.27. The fourth-order valence-corrected chi connectivity index (χ4v) is 3.74. The highest BCUT2D eigenvalue weighted by Gasteiger charge is 2.51. The molecule has 2 N–H and O–H groups in total. The minimum Gasteiger partial charge on any atom is -0.345 e. The summed E-state index contributed by atoms with van der Waals surface area (Å²) < 4.78 is 91.6. The predicted octanol–water partition coefficient (Wildman–Crippen LogP) is 3.04. The van der Waals surface area contributed by atoms with Gasteiger partial charge in [0, 0.05) is 25.0 Å². The van der Waals surface area contributed by atoms with Crippen molar-refractivity contribution < 1.29 is 35.2 Å². The number of halogens is 5. The van der Waals surface area contributed by atoms with Crippen molar-refractivity contribution in [2.75, 3.05) is 5.32 Å². The van der Waals surface area contributed by atoms with Crippen LogP contribution < -0.4 is 10.0 Å². The predicted molar refractivity (Wildman–Crippen MR) is 93.5 cm³/mol. The Kier molecular flexibility index (Phi) is 5.83. The molecule has 1 atom stereocenters. The van der Waals surface area contributed by atoms with E-state index in [-0.39, 0.29) is 11.4 Å². The number of hydrogen-bond acceptors (Lipinski definition) is 4. The third-order valence-electron chi connectivity index (χ3n) is 3.59. The maximum absolute atomic E-state index is 13.2. The molecule has 1 aromatic heterocycles. The minimum atomic E-state index is -4.98. The molecule has 0 bridgehead atoms. The standard InChI is InChI=1S/C15H14F5N3O3S2/c1-14(27,15(18,19)20)22-28(25,26)9-6-12(23(2)7-9)13(24)21-8-3-4-10(16)11(17)5-8/h3-7,22,27H,1-2H3,(H,21,24)/t14-/m0/s1. The van der Waals surface area contributed by atoms with Gasteiger partial charge < -0.3 is 9.88 Å². The molecule has 0 aliphatic rings. The van der Waals surface area contributed by atoms with Crippen molar-refractivity contribution in [1.82, 2.24) is 9.29 Å². The summed E-state index contributed by atoms with van der Waals surface area (Å²) in [6.45, 7) is 0.521. The number of rotatable bonds is 5. The summed E-state index contributed by atoms with van der Waals surface area (Å²) in [5, 5.41) is 2.23. The SMILES string of the molecule is Cn1cc(S(=O)(=O)N[C@@](C)(S)C(F)(F)F)cc1C(=O)Nc1ccc(F)c(F)c1. The van der Waals surface area contributed by atoms with Crippen LogP contribution in [0.1, 0.15) is 17.4 Å². The summed E-state index contributed by atoms with van der Waals surface area (Å²) in [4.78, 5) is 8.60. The molecule has 1 amide bonds. The van der Waals surface area contributed by atoms with Crippen molar-refractivity contribution in [2.45, 2.75) is 22.9 Å². The van der Waals surface area contributed by atoms with Crippen molar-refractivity contribution in [3.63, 3.8) is 0 Å². The van der Waals surface area contributed by atoms with E-state index >= 15 is 0 Å². The molecule has 0 spiro atoms. The zero-order chi connectivity index (χ0) is 21.5. The molecule has 154 valence electrons. The number of carbonyl (C=O) groups is 1. The fourth-order valence-electron chi connectivity index (χ4n) is 2.05. The van der Waals surface area contributed by atoms with Gasteiger partial charge in [-0.2, -0.15) is 17.9 Å². The molecule has 2 aromatic rings. The molecule has 0 fully saturated rings. The van der Waals surface area contributed by atoms with Crippen LogP contribution in [0, 0.1) is 11.6 Å². The number of anilines is 1. The lowest BCUT2D eigenvalue weighted by Crippen LogP contribution is -2.52. The summed E-state index contributed by atoms with van der Waals surface area (Å²) >= 11 is 3.30. The van der Waals surface area contributed by atoms with E-state index in [4.69, 9.17) is 0 Å². The van der Waals surface area contributed by atoms with E-state index in [1.165, 1.54) is 11.8 Å². The van der Waals surface area contributed by atoms with Crippen molar-refractivity contribution in [2.24, 2.45) is 7.05 Å². The number of nitrogens with zero attached hydrogens (tertiary/aromatic N) is 1. The topological polar surface area (TPSA) is 80.2 Å². The van der Waals surface area contributed by atoms with Crippen LogP contribution in [0.4, 0.5) is 27.6 Å². The van der Waals surface area contributed by atoms with Crippen LogP contribution in [0.5, 0.6) is 0 Å². The van der Waals surface area contributed by atoms with Gasteiger partial charge in [0.05, 0.1) is 0 Å². The molecule has 13 heteroatoms. The lowest BCUT2D eigenvalue weighted by atomic mass is 10.3. The molecule has 0 aliphatic carbocycles. The van der Waals surface area contributed by atoms with Gasteiger partial charge in [0.2, 0.25) is 10.0 Å². The summed E-state index contributed by atoms with van der Waals surface area (Å²) in [7, 11) is -3.40. The normalized spacial score (nSPS) is 14.6. The molecule has 0 saturated heterocycles. The summed E-state index contributed by atoms with van der Waals surface area (Å²) in [6, 6.07) is 3.40. The number of carbonyl (C=O) groups excluding carboxylic acids is 1. The molecule has 0 radical (unpaired) electrons.